The monoisotopic (exact) mass is 293 g/mol. The minimum atomic E-state index is -0.832. The Labute approximate surface area is 119 Å². The molecule has 1 aliphatic heterocycles. The smallest absolute Gasteiger partial charge is 0.407 e. The van der Waals surface area contributed by atoms with Gasteiger partial charge in [0.25, 0.3) is 0 Å². The third kappa shape index (κ3) is 3.65. The van der Waals surface area contributed by atoms with Gasteiger partial charge in [0.1, 0.15) is 0 Å². The molecule has 1 amide bonds. The van der Waals surface area contributed by atoms with Gasteiger partial charge in [-0.05, 0) is 19.1 Å². The number of rotatable bonds is 1. The molecule has 0 saturated carbocycles. The van der Waals surface area contributed by atoms with Crippen LogP contribution in [0.15, 0.2) is 24.5 Å². The molecular formula is C11H17Cl2N3O2. The zero-order valence-corrected chi connectivity index (χ0v) is 11.7. The second-order valence-corrected chi connectivity index (χ2v) is 3.98. The summed E-state index contributed by atoms with van der Waals surface area (Å²) in [5.41, 5.74) is 1.10. The molecule has 1 unspecified atom stereocenters. The summed E-state index contributed by atoms with van der Waals surface area (Å²) in [7, 11) is 0. The molecule has 0 spiro atoms. The first-order valence-electron chi connectivity index (χ1n) is 5.33. The predicted molar refractivity (Wildman–Crippen MR) is 75.1 cm³/mol. The lowest BCUT2D eigenvalue weighted by molar-refractivity contribution is 0.136. The molecule has 1 aromatic rings. The Morgan fingerprint density at radius 3 is 2.44 bits per heavy atom. The molecule has 1 saturated heterocycles. The maximum atomic E-state index is 10.8. The van der Waals surface area contributed by atoms with E-state index in [1.807, 2.05) is 19.1 Å². The average Bonchev–Trinajstić information content (AvgIpc) is 2.30. The number of hydrogen-bond acceptors (Lipinski definition) is 3. The quantitative estimate of drug-likeness (QED) is 0.862. The summed E-state index contributed by atoms with van der Waals surface area (Å²) >= 11 is 0. The van der Waals surface area contributed by atoms with Gasteiger partial charge in [0.15, 0.2) is 0 Å². The van der Waals surface area contributed by atoms with Gasteiger partial charge in [0.05, 0.1) is 0 Å². The van der Waals surface area contributed by atoms with Crippen LogP contribution in [0.25, 0.3) is 0 Å². The summed E-state index contributed by atoms with van der Waals surface area (Å²) < 4.78 is 0. The van der Waals surface area contributed by atoms with Crippen molar-refractivity contribution in [1.82, 2.24) is 9.88 Å². The minimum Gasteiger partial charge on any atom is -0.465 e. The summed E-state index contributed by atoms with van der Waals surface area (Å²) in [6.07, 6.45) is 2.68. The molecule has 1 atom stereocenters. The lowest BCUT2D eigenvalue weighted by Crippen LogP contribution is -2.53. The molecule has 1 fully saturated rings. The highest BCUT2D eigenvalue weighted by molar-refractivity contribution is 5.85. The summed E-state index contributed by atoms with van der Waals surface area (Å²) in [5, 5.41) is 8.91. The minimum absolute atomic E-state index is 0. The maximum Gasteiger partial charge on any atom is 0.407 e. The van der Waals surface area contributed by atoms with Gasteiger partial charge in [-0.25, -0.2) is 4.79 Å². The van der Waals surface area contributed by atoms with Crippen molar-refractivity contribution in [2.45, 2.75) is 13.0 Å². The largest absolute Gasteiger partial charge is 0.465 e. The summed E-state index contributed by atoms with van der Waals surface area (Å²) in [4.78, 5) is 18.5. The third-order valence-electron chi connectivity index (χ3n) is 2.89. The van der Waals surface area contributed by atoms with Gasteiger partial charge in [-0.1, -0.05) is 0 Å². The number of pyridine rings is 1. The zero-order valence-electron chi connectivity index (χ0n) is 10.0. The number of piperazine rings is 1. The van der Waals surface area contributed by atoms with Crippen molar-refractivity contribution in [3.05, 3.63) is 24.5 Å². The average molecular weight is 294 g/mol. The first kappa shape index (κ1) is 16.8. The van der Waals surface area contributed by atoms with E-state index in [2.05, 4.69) is 9.88 Å². The van der Waals surface area contributed by atoms with Crippen LogP contribution in [0.5, 0.6) is 0 Å². The van der Waals surface area contributed by atoms with E-state index in [0.717, 1.165) is 12.2 Å². The Morgan fingerprint density at radius 2 is 1.94 bits per heavy atom. The van der Waals surface area contributed by atoms with Gasteiger partial charge in [0.2, 0.25) is 0 Å². The van der Waals surface area contributed by atoms with Crippen LogP contribution in [-0.2, 0) is 0 Å². The zero-order chi connectivity index (χ0) is 11.5. The van der Waals surface area contributed by atoms with E-state index in [4.69, 9.17) is 5.11 Å². The Kier molecular flexibility index (Phi) is 6.80. The molecule has 2 heterocycles. The third-order valence-corrected chi connectivity index (χ3v) is 2.89. The molecule has 0 radical (unpaired) electrons. The maximum absolute atomic E-state index is 10.8. The van der Waals surface area contributed by atoms with E-state index in [9.17, 15) is 4.79 Å². The lowest BCUT2D eigenvalue weighted by Gasteiger charge is -2.40. The highest BCUT2D eigenvalue weighted by Crippen LogP contribution is 2.19. The Hall–Kier alpha value is -1.20. The fourth-order valence-corrected chi connectivity index (χ4v) is 2.05. The molecular weight excluding hydrogens is 277 g/mol. The summed E-state index contributed by atoms with van der Waals surface area (Å²) in [6, 6.07) is 4.10. The van der Waals surface area contributed by atoms with Crippen molar-refractivity contribution in [2.24, 2.45) is 0 Å². The predicted octanol–water partition coefficient (Wildman–Crippen LogP) is 2.11. The Balaban J connectivity index is 0.00000144. The van der Waals surface area contributed by atoms with Crippen molar-refractivity contribution < 1.29 is 9.90 Å². The van der Waals surface area contributed by atoms with Gasteiger partial charge < -0.3 is 14.9 Å². The topological polar surface area (TPSA) is 56.7 Å². The fourth-order valence-electron chi connectivity index (χ4n) is 2.05. The van der Waals surface area contributed by atoms with Crippen LogP contribution in [0.4, 0.5) is 10.5 Å². The van der Waals surface area contributed by atoms with Crippen molar-refractivity contribution in [3.63, 3.8) is 0 Å². The second-order valence-electron chi connectivity index (χ2n) is 3.98. The SMILES string of the molecule is CC1CN(C(=O)O)CCN1c1ccncc1.Cl.Cl. The molecule has 0 aromatic carbocycles. The van der Waals surface area contributed by atoms with Crippen LogP contribution in [-0.4, -0.2) is 46.8 Å². The van der Waals surface area contributed by atoms with Crippen LogP contribution in [0, 0.1) is 0 Å². The number of nitrogens with zero attached hydrogens (tertiary/aromatic N) is 3. The summed E-state index contributed by atoms with van der Waals surface area (Å²) in [5.74, 6) is 0. The number of carboxylic acid groups (broad SMARTS) is 1. The van der Waals surface area contributed by atoms with Crippen molar-refractivity contribution in [1.29, 1.82) is 0 Å². The molecule has 1 aliphatic rings. The molecule has 5 nitrogen and oxygen atoms in total. The van der Waals surface area contributed by atoms with Crippen LogP contribution >= 0.6 is 24.8 Å². The van der Waals surface area contributed by atoms with Gasteiger partial charge in [-0.2, -0.15) is 0 Å². The Morgan fingerprint density at radius 1 is 1.33 bits per heavy atom. The van der Waals surface area contributed by atoms with Crippen LogP contribution in [0.1, 0.15) is 6.92 Å². The van der Waals surface area contributed by atoms with E-state index in [1.54, 1.807) is 12.4 Å². The second kappa shape index (κ2) is 7.28. The van der Waals surface area contributed by atoms with Gasteiger partial charge in [0, 0.05) is 43.8 Å². The molecule has 102 valence electrons. The van der Waals surface area contributed by atoms with E-state index in [-0.39, 0.29) is 30.9 Å². The number of carbonyl (C=O) groups is 1. The van der Waals surface area contributed by atoms with E-state index >= 15 is 0 Å². The first-order chi connectivity index (χ1) is 7.68. The van der Waals surface area contributed by atoms with Crippen LogP contribution < -0.4 is 4.90 Å². The summed E-state index contributed by atoms with van der Waals surface area (Å²) in [6.45, 7) is 3.88. The molecule has 0 aliphatic carbocycles. The number of aromatic nitrogens is 1. The molecule has 7 heteroatoms. The number of amides is 1. The standard InChI is InChI=1S/C11H15N3O2.2ClH/c1-9-8-13(11(15)16)6-7-14(9)10-2-4-12-5-3-10;;/h2-5,9H,6-8H2,1H3,(H,15,16);2*1H. The Bertz CT molecular complexity index is 378. The van der Waals surface area contributed by atoms with E-state index < -0.39 is 6.09 Å². The first-order valence-corrected chi connectivity index (χ1v) is 5.33. The van der Waals surface area contributed by atoms with Crippen molar-refractivity contribution in [3.8, 4) is 0 Å². The molecule has 0 bridgehead atoms. The van der Waals surface area contributed by atoms with Gasteiger partial charge in [-0.15, -0.1) is 24.8 Å². The lowest BCUT2D eigenvalue weighted by atomic mass is 10.2. The molecule has 2 rings (SSSR count). The number of hydrogen-bond donors (Lipinski definition) is 1. The number of anilines is 1. The van der Waals surface area contributed by atoms with E-state index in [0.29, 0.717) is 13.1 Å². The normalized spacial score (nSPS) is 18.6. The molecule has 1 N–H and O–H groups in total. The van der Waals surface area contributed by atoms with Crippen LogP contribution in [0.3, 0.4) is 0 Å². The highest BCUT2D eigenvalue weighted by Gasteiger charge is 2.26. The van der Waals surface area contributed by atoms with Crippen LogP contribution in [0.2, 0.25) is 0 Å². The molecule has 1 aromatic heterocycles. The van der Waals surface area contributed by atoms with Gasteiger partial charge >= 0.3 is 6.09 Å². The van der Waals surface area contributed by atoms with Crippen molar-refractivity contribution in [2.75, 3.05) is 24.5 Å². The fraction of sp³-hybridized carbons (Fsp3) is 0.455. The van der Waals surface area contributed by atoms with Gasteiger partial charge in [-0.3, -0.25) is 4.98 Å². The number of halogens is 2. The highest BCUT2D eigenvalue weighted by atomic mass is 35.5. The van der Waals surface area contributed by atoms with Crippen molar-refractivity contribution >= 4 is 36.6 Å². The molecule has 18 heavy (non-hydrogen) atoms. The van der Waals surface area contributed by atoms with E-state index in [1.165, 1.54) is 4.90 Å².